The monoisotopic (exact) mass is 397 g/mol. The molecule has 5 aromatic rings. The molecule has 0 amide bonds. The summed E-state index contributed by atoms with van der Waals surface area (Å²) in [5, 5.41) is 2.17. The van der Waals surface area contributed by atoms with Gasteiger partial charge in [0.15, 0.2) is 0 Å². The van der Waals surface area contributed by atoms with Crippen LogP contribution >= 0.6 is 0 Å². The normalized spacial score (nSPS) is 11.4. The maximum Gasteiger partial charge on any atom is 0.115 e. The molecule has 0 spiro atoms. The summed E-state index contributed by atoms with van der Waals surface area (Å²) < 4.78 is 2.02. The van der Waals surface area contributed by atoms with Gasteiger partial charge in [0.2, 0.25) is 0 Å². The fraction of sp³-hybridized carbons (Fsp3) is 0.0769. The second-order valence-corrected chi connectivity index (χ2v) is 8.30. The molecule has 0 aliphatic rings. The average Bonchev–Trinajstić information content (AvgIpc) is 3.12. The van der Waals surface area contributed by atoms with Gasteiger partial charge in [-0.15, -0.1) is 16.4 Å². The van der Waals surface area contributed by atoms with Crippen LogP contribution in [0.3, 0.4) is 0 Å². The van der Waals surface area contributed by atoms with Crippen LogP contribution in [0.1, 0.15) is 11.1 Å². The molecule has 0 unspecified atom stereocenters. The summed E-state index contributed by atoms with van der Waals surface area (Å²) in [5.41, 5.74) is 8.64. The van der Waals surface area contributed by atoms with E-state index in [1.165, 1.54) is 16.7 Å². The molecule has 0 saturated heterocycles. The second-order valence-electron chi connectivity index (χ2n) is 8.30. The zero-order valence-electron chi connectivity index (χ0n) is 18.1. The highest BCUT2D eigenvalue weighted by Gasteiger charge is 2.18. The van der Waals surface area contributed by atoms with E-state index in [1.807, 2.05) is 22.8 Å². The summed E-state index contributed by atoms with van der Waals surface area (Å²) in [4.78, 5) is 0. The molecule has 140 valence electrons. The minimum Gasteiger partial charge on any atom is -0.310 e. The summed E-state index contributed by atoms with van der Waals surface area (Å²) in [6.45, 7) is 4.25. The lowest BCUT2D eigenvalue weighted by atomic mass is 9.61. The fourth-order valence-electron chi connectivity index (χ4n) is 4.39. The molecule has 1 heterocycles. The van der Waals surface area contributed by atoms with Crippen molar-refractivity contribution in [2.75, 3.05) is 0 Å². The number of benzene rings is 4. The Hall–Kier alpha value is -3.00. The molecule has 0 fully saturated rings. The number of fused-ring (bicyclic) bond motifs is 3. The number of hydrogen-bond acceptors (Lipinski definition) is 0. The van der Waals surface area contributed by atoms with Gasteiger partial charge < -0.3 is 4.57 Å². The number of aryl methyl sites for hydroxylation is 2. The lowest BCUT2D eigenvalue weighted by Crippen LogP contribution is -2.56. The van der Waals surface area contributed by atoms with Crippen molar-refractivity contribution in [1.29, 1.82) is 0 Å². The highest BCUT2D eigenvalue weighted by molar-refractivity contribution is 6.68. The largest absolute Gasteiger partial charge is 0.310 e. The molecule has 5 rings (SSSR count). The predicted octanol–water partition coefficient (Wildman–Crippen LogP) is 1.04. The first kappa shape index (κ1) is 20.9. The third kappa shape index (κ3) is 3.00. The smallest absolute Gasteiger partial charge is 0.115 e. The van der Waals surface area contributed by atoms with Crippen LogP contribution in [0.2, 0.25) is 0 Å². The number of hydrogen-bond donors (Lipinski definition) is 0. The van der Waals surface area contributed by atoms with Crippen LogP contribution in [0.5, 0.6) is 0 Å². The van der Waals surface area contributed by atoms with Gasteiger partial charge in [-0.25, -0.2) is 0 Å². The zero-order valence-corrected chi connectivity index (χ0v) is 18.1. The summed E-state index contributed by atoms with van der Waals surface area (Å²) >= 11 is 0. The van der Waals surface area contributed by atoms with Crippen LogP contribution in [0, 0.1) is 13.8 Å². The number of para-hydroxylation sites is 1. The SMILES string of the molecule is [B]c1c([B])c([B])c(-n2c3ccccc3c3cc(-c4ccc(C)c(C)c4)ccc32)c([B])c1[B]. The highest BCUT2D eigenvalue weighted by Crippen LogP contribution is 2.34. The summed E-state index contributed by atoms with van der Waals surface area (Å²) in [7, 11) is 31.2. The quantitative estimate of drug-likeness (QED) is 0.393. The lowest BCUT2D eigenvalue weighted by molar-refractivity contribution is 1.21. The first-order chi connectivity index (χ1) is 15.3. The van der Waals surface area contributed by atoms with Crippen molar-refractivity contribution >= 4 is 88.4 Å². The molecule has 32 heavy (non-hydrogen) atoms. The molecule has 0 aliphatic carbocycles. The Labute approximate surface area is 195 Å². The Morgan fingerprint density at radius 1 is 0.531 bits per heavy atom. The first-order valence-corrected chi connectivity index (χ1v) is 10.4. The van der Waals surface area contributed by atoms with Crippen molar-refractivity contribution in [3.05, 3.63) is 71.8 Å². The third-order valence-corrected chi connectivity index (χ3v) is 6.41. The summed E-state index contributed by atoms with van der Waals surface area (Å²) in [5.74, 6) is 0. The van der Waals surface area contributed by atoms with Crippen LogP contribution in [0.4, 0.5) is 0 Å². The molecule has 0 aliphatic heterocycles. The molecular formula is C26H16B5N. The van der Waals surface area contributed by atoms with Gasteiger partial charge in [0.25, 0.3) is 0 Å². The van der Waals surface area contributed by atoms with E-state index in [0.717, 1.165) is 27.4 Å². The van der Waals surface area contributed by atoms with Crippen LogP contribution in [0.25, 0.3) is 38.6 Å². The molecule has 0 bridgehead atoms. The van der Waals surface area contributed by atoms with Crippen molar-refractivity contribution in [3.8, 4) is 16.8 Å². The van der Waals surface area contributed by atoms with Gasteiger partial charge in [-0.2, -0.15) is 0 Å². The molecule has 4 aromatic carbocycles. The van der Waals surface area contributed by atoms with Gasteiger partial charge in [-0.05, 0) is 54.3 Å². The van der Waals surface area contributed by atoms with Crippen molar-refractivity contribution in [2.24, 2.45) is 0 Å². The number of aromatic nitrogens is 1. The second kappa shape index (κ2) is 7.55. The Bertz CT molecular complexity index is 1520. The minimum absolute atomic E-state index is 0.210. The van der Waals surface area contributed by atoms with Crippen LogP contribution < -0.4 is 27.3 Å². The summed E-state index contributed by atoms with van der Waals surface area (Å²) in [6, 6.07) is 21.0. The average molecular weight is 396 g/mol. The van der Waals surface area contributed by atoms with Crippen LogP contribution in [0.15, 0.2) is 60.7 Å². The first-order valence-electron chi connectivity index (χ1n) is 10.4. The Balaban J connectivity index is 1.87. The lowest BCUT2D eigenvalue weighted by Gasteiger charge is -2.23. The fourth-order valence-corrected chi connectivity index (χ4v) is 4.39. The zero-order chi connectivity index (χ0) is 22.7. The molecule has 0 N–H and O–H groups in total. The van der Waals surface area contributed by atoms with Gasteiger partial charge in [-0.3, -0.25) is 0 Å². The maximum atomic E-state index is 6.42. The minimum atomic E-state index is 0.210. The van der Waals surface area contributed by atoms with Crippen molar-refractivity contribution in [2.45, 2.75) is 13.8 Å². The Kier molecular flexibility index (Phi) is 4.93. The molecule has 1 aromatic heterocycles. The van der Waals surface area contributed by atoms with E-state index in [9.17, 15) is 0 Å². The molecule has 0 saturated carbocycles. The molecular weight excluding hydrogens is 380 g/mol. The molecule has 6 heteroatoms. The van der Waals surface area contributed by atoms with E-state index in [4.69, 9.17) is 39.2 Å². The molecule has 10 radical (unpaired) electrons. The Morgan fingerprint density at radius 2 is 1.09 bits per heavy atom. The van der Waals surface area contributed by atoms with Gasteiger partial charge in [0, 0.05) is 16.5 Å². The van der Waals surface area contributed by atoms with Gasteiger partial charge in [-0.1, -0.05) is 53.4 Å². The van der Waals surface area contributed by atoms with Gasteiger partial charge >= 0.3 is 0 Å². The maximum absolute atomic E-state index is 6.42. The highest BCUT2D eigenvalue weighted by atomic mass is 15.0. The molecule has 1 nitrogen and oxygen atoms in total. The van der Waals surface area contributed by atoms with Crippen molar-refractivity contribution in [1.82, 2.24) is 4.57 Å². The van der Waals surface area contributed by atoms with E-state index in [1.54, 1.807) is 0 Å². The standard InChI is InChI=1S/C26H16B5N/c1-13-7-8-15(11-14(13)2)16-9-10-20-18(12-16)17-5-3-4-6-19(17)32(20)26-24(30)22(28)21(27)23(29)25(26)31/h3-12H,1-2H3. The van der Waals surface area contributed by atoms with Gasteiger partial charge in [0.1, 0.15) is 39.2 Å². The van der Waals surface area contributed by atoms with E-state index in [-0.39, 0.29) is 16.4 Å². The van der Waals surface area contributed by atoms with E-state index in [0.29, 0.717) is 16.6 Å². The number of rotatable bonds is 2. The number of nitrogens with zero attached hydrogens (tertiary/aromatic N) is 1. The predicted molar refractivity (Wildman–Crippen MR) is 143 cm³/mol. The topological polar surface area (TPSA) is 4.93 Å². The van der Waals surface area contributed by atoms with E-state index in [2.05, 4.69) is 56.3 Å². The third-order valence-electron chi connectivity index (χ3n) is 6.41. The van der Waals surface area contributed by atoms with Crippen LogP contribution in [-0.2, 0) is 0 Å². The van der Waals surface area contributed by atoms with Crippen LogP contribution in [-0.4, -0.2) is 43.8 Å². The Morgan fingerprint density at radius 3 is 1.78 bits per heavy atom. The van der Waals surface area contributed by atoms with Crippen molar-refractivity contribution < 1.29 is 0 Å². The summed E-state index contributed by atoms with van der Waals surface area (Å²) in [6.07, 6.45) is 0. The molecule has 0 atom stereocenters. The van der Waals surface area contributed by atoms with E-state index >= 15 is 0 Å². The van der Waals surface area contributed by atoms with Gasteiger partial charge in [0.05, 0.1) is 11.0 Å². The van der Waals surface area contributed by atoms with Crippen molar-refractivity contribution in [3.63, 3.8) is 0 Å². The van der Waals surface area contributed by atoms with E-state index < -0.39 is 0 Å².